The molecule has 2 aromatic rings. The lowest BCUT2D eigenvalue weighted by molar-refractivity contribution is 0.568. The second kappa shape index (κ2) is 5.38. The highest BCUT2D eigenvalue weighted by molar-refractivity contribution is 7.09. The van der Waals surface area contributed by atoms with E-state index in [4.69, 9.17) is 0 Å². The molecule has 0 aliphatic rings. The van der Waals surface area contributed by atoms with Crippen molar-refractivity contribution in [2.75, 3.05) is 0 Å². The van der Waals surface area contributed by atoms with Crippen molar-refractivity contribution in [2.24, 2.45) is 0 Å². The van der Waals surface area contributed by atoms with Gasteiger partial charge < -0.3 is 5.32 Å². The standard InChI is InChI=1S/C13H15FN2S/c1-9-7-12(14)4-3-11(9)8-16-10(2)13-15-5-6-17-13/h3-7,10,16H,8H2,1-2H3. The molecule has 0 spiro atoms. The summed E-state index contributed by atoms with van der Waals surface area (Å²) >= 11 is 1.64. The summed E-state index contributed by atoms with van der Waals surface area (Å²) in [7, 11) is 0. The zero-order chi connectivity index (χ0) is 12.3. The topological polar surface area (TPSA) is 24.9 Å². The van der Waals surface area contributed by atoms with E-state index in [9.17, 15) is 4.39 Å². The summed E-state index contributed by atoms with van der Waals surface area (Å²) in [6.45, 7) is 4.73. The Labute approximate surface area is 105 Å². The number of rotatable bonds is 4. The van der Waals surface area contributed by atoms with Crippen molar-refractivity contribution in [2.45, 2.75) is 26.4 Å². The van der Waals surface area contributed by atoms with Crippen LogP contribution in [0.3, 0.4) is 0 Å². The molecule has 4 heteroatoms. The Bertz CT molecular complexity index is 482. The van der Waals surface area contributed by atoms with Crippen LogP contribution < -0.4 is 5.32 Å². The summed E-state index contributed by atoms with van der Waals surface area (Å²) < 4.78 is 12.9. The second-order valence-corrected chi connectivity index (χ2v) is 4.97. The van der Waals surface area contributed by atoms with Gasteiger partial charge >= 0.3 is 0 Å². The van der Waals surface area contributed by atoms with Gasteiger partial charge in [-0.2, -0.15) is 0 Å². The highest BCUT2D eigenvalue weighted by Crippen LogP contribution is 2.16. The van der Waals surface area contributed by atoms with E-state index in [2.05, 4.69) is 17.2 Å². The van der Waals surface area contributed by atoms with Crippen molar-refractivity contribution >= 4 is 11.3 Å². The Balaban J connectivity index is 1.98. The predicted molar refractivity (Wildman–Crippen MR) is 68.5 cm³/mol. The molecule has 1 N–H and O–H groups in total. The normalized spacial score (nSPS) is 12.6. The Morgan fingerprint density at radius 1 is 1.47 bits per heavy atom. The van der Waals surface area contributed by atoms with Gasteiger partial charge in [-0.3, -0.25) is 0 Å². The van der Waals surface area contributed by atoms with Crippen LogP contribution in [0.1, 0.15) is 29.1 Å². The third-order valence-corrected chi connectivity index (χ3v) is 3.68. The van der Waals surface area contributed by atoms with Crippen molar-refractivity contribution in [3.8, 4) is 0 Å². The Morgan fingerprint density at radius 3 is 2.94 bits per heavy atom. The summed E-state index contributed by atoms with van der Waals surface area (Å²) in [6, 6.07) is 5.11. The minimum absolute atomic E-state index is 0.181. The van der Waals surface area contributed by atoms with Crippen molar-refractivity contribution in [1.82, 2.24) is 10.3 Å². The fraction of sp³-hybridized carbons (Fsp3) is 0.308. The monoisotopic (exact) mass is 250 g/mol. The number of aromatic nitrogens is 1. The van der Waals surface area contributed by atoms with Gasteiger partial charge in [0, 0.05) is 18.1 Å². The van der Waals surface area contributed by atoms with E-state index in [0.29, 0.717) is 0 Å². The fourth-order valence-corrected chi connectivity index (χ4v) is 2.33. The Kier molecular flexibility index (Phi) is 3.86. The summed E-state index contributed by atoms with van der Waals surface area (Å²) in [6.07, 6.45) is 1.81. The van der Waals surface area contributed by atoms with Gasteiger partial charge in [-0.05, 0) is 37.1 Å². The molecule has 2 nitrogen and oxygen atoms in total. The summed E-state index contributed by atoms with van der Waals surface area (Å²) in [5, 5.41) is 6.43. The third-order valence-electron chi connectivity index (χ3n) is 2.73. The number of nitrogens with zero attached hydrogens (tertiary/aromatic N) is 1. The summed E-state index contributed by atoms with van der Waals surface area (Å²) in [4.78, 5) is 4.26. The van der Waals surface area contributed by atoms with Crippen LogP contribution >= 0.6 is 11.3 Å². The first kappa shape index (κ1) is 12.2. The molecule has 0 radical (unpaired) electrons. The molecule has 1 aromatic heterocycles. The molecule has 0 fully saturated rings. The van der Waals surface area contributed by atoms with Crippen LogP contribution in [0.4, 0.5) is 4.39 Å². The summed E-state index contributed by atoms with van der Waals surface area (Å²) in [5.74, 6) is -0.181. The van der Waals surface area contributed by atoms with Crippen molar-refractivity contribution in [3.63, 3.8) is 0 Å². The van der Waals surface area contributed by atoms with Crippen LogP contribution in [0, 0.1) is 12.7 Å². The molecule has 0 amide bonds. The van der Waals surface area contributed by atoms with Crippen LogP contribution in [-0.4, -0.2) is 4.98 Å². The number of hydrogen-bond donors (Lipinski definition) is 1. The lowest BCUT2D eigenvalue weighted by atomic mass is 10.1. The molecule has 0 bridgehead atoms. The van der Waals surface area contributed by atoms with Gasteiger partial charge in [-0.25, -0.2) is 9.37 Å². The number of halogens is 1. The Hall–Kier alpha value is -1.26. The average molecular weight is 250 g/mol. The number of benzene rings is 1. The van der Waals surface area contributed by atoms with Crippen LogP contribution in [0.2, 0.25) is 0 Å². The molecule has 0 saturated carbocycles. The van der Waals surface area contributed by atoms with Crippen LogP contribution in [-0.2, 0) is 6.54 Å². The molecule has 1 heterocycles. The lowest BCUT2D eigenvalue weighted by Gasteiger charge is -2.12. The minimum atomic E-state index is -0.181. The number of aryl methyl sites for hydroxylation is 1. The van der Waals surface area contributed by atoms with E-state index in [0.717, 1.165) is 22.7 Å². The maximum atomic E-state index is 12.9. The first-order chi connectivity index (χ1) is 8.16. The molecular formula is C13H15FN2S. The molecule has 90 valence electrons. The molecule has 0 saturated heterocycles. The highest BCUT2D eigenvalue weighted by atomic mass is 32.1. The van der Waals surface area contributed by atoms with E-state index >= 15 is 0 Å². The molecule has 1 unspecified atom stereocenters. The zero-order valence-corrected chi connectivity index (χ0v) is 10.7. The fourth-order valence-electron chi connectivity index (χ4n) is 1.66. The van der Waals surface area contributed by atoms with Gasteiger partial charge in [0.2, 0.25) is 0 Å². The zero-order valence-electron chi connectivity index (χ0n) is 9.90. The predicted octanol–water partition coefficient (Wildman–Crippen LogP) is 3.44. The summed E-state index contributed by atoms with van der Waals surface area (Å²) in [5.41, 5.74) is 2.10. The van der Waals surface area contributed by atoms with E-state index in [1.807, 2.05) is 18.4 Å². The maximum absolute atomic E-state index is 12.9. The van der Waals surface area contributed by atoms with E-state index in [1.54, 1.807) is 23.6 Å². The number of hydrogen-bond acceptors (Lipinski definition) is 3. The van der Waals surface area contributed by atoms with Gasteiger partial charge in [0.05, 0.1) is 6.04 Å². The molecule has 0 aliphatic heterocycles. The first-order valence-corrected chi connectivity index (χ1v) is 6.42. The van der Waals surface area contributed by atoms with Gasteiger partial charge in [-0.15, -0.1) is 11.3 Å². The highest BCUT2D eigenvalue weighted by Gasteiger charge is 2.08. The number of thiazole rings is 1. The largest absolute Gasteiger partial charge is 0.304 e. The van der Waals surface area contributed by atoms with Gasteiger partial charge in [0.25, 0.3) is 0 Å². The average Bonchev–Trinajstić information content (AvgIpc) is 2.81. The lowest BCUT2D eigenvalue weighted by Crippen LogP contribution is -2.18. The van der Waals surface area contributed by atoms with E-state index in [-0.39, 0.29) is 11.9 Å². The third kappa shape index (κ3) is 3.11. The van der Waals surface area contributed by atoms with Crippen LogP contribution in [0.5, 0.6) is 0 Å². The number of nitrogens with one attached hydrogen (secondary N) is 1. The molecule has 1 atom stereocenters. The SMILES string of the molecule is Cc1cc(F)ccc1CNC(C)c1nccs1. The van der Waals surface area contributed by atoms with Crippen molar-refractivity contribution < 1.29 is 4.39 Å². The maximum Gasteiger partial charge on any atom is 0.123 e. The molecule has 2 rings (SSSR count). The van der Waals surface area contributed by atoms with E-state index in [1.165, 1.54) is 6.07 Å². The quantitative estimate of drug-likeness (QED) is 0.899. The van der Waals surface area contributed by atoms with Crippen molar-refractivity contribution in [1.29, 1.82) is 0 Å². The molecule has 17 heavy (non-hydrogen) atoms. The first-order valence-electron chi connectivity index (χ1n) is 5.54. The Morgan fingerprint density at radius 2 is 2.29 bits per heavy atom. The molecular weight excluding hydrogens is 235 g/mol. The van der Waals surface area contributed by atoms with Gasteiger partial charge in [0.1, 0.15) is 10.8 Å². The van der Waals surface area contributed by atoms with E-state index < -0.39 is 0 Å². The van der Waals surface area contributed by atoms with Gasteiger partial charge in [-0.1, -0.05) is 6.07 Å². The smallest absolute Gasteiger partial charge is 0.123 e. The van der Waals surface area contributed by atoms with Crippen LogP contribution in [0.15, 0.2) is 29.8 Å². The molecule has 0 aliphatic carbocycles. The van der Waals surface area contributed by atoms with Gasteiger partial charge in [0.15, 0.2) is 0 Å². The second-order valence-electron chi connectivity index (χ2n) is 4.04. The van der Waals surface area contributed by atoms with Crippen LogP contribution in [0.25, 0.3) is 0 Å². The minimum Gasteiger partial charge on any atom is -0.304 e. The van der Waals surface area contributed by atoms with Crippen molar-refractivity contribution in [3.05, 3.63) is 51.7 Å². The molecule has 1 aromatic carbocycles.